The van der Waals surface area contributed by atoms with Gasteiger partial charge in [0.05, 0.1) is 12.8 Å². The summed E-state index contributed by atoms with van der Waals surface area (Å²) in [6.45, 7) is 2.14. The Morgan fingerprint density at radius 1 is 1.29 bits per heavy atom. The molecule has 0 aliphatic heterocycles. The van der Waals surface area contributed by atoms with Gasteiger partial charge in [-0.05, 0) is 24.6 Å². The Bertz CT molecular complexity index is 835. The molecule has 0 saturated heterocycles. The Kier molecular flexibility index (Phi) is 3.75. The van der Waals surface area contributed by atoms with Crippen molar-refractivity contribution in [1.29, 1.82) is 0 Å². The van der Waals surface area contributed by atoms with E-state index in [4.69, 9.17) is 17.0 Å². The van der Waals surface area contributed by atoms with Crippen molar-refractivity contribution in [3.05, 3.63) is 46.7 Å². The molecule has 2 heterocycles. The quantitative estimate of drug-likeness (QED) is 0.740. The summed E-state index contributed by atoms with van der Waals surface area (Å²) in [6.07, 6.45) is 2.00. The van der Waals surface area contributed by atoms with E-state index in [1.54, 1.807) is 7.11 Å². The van der Waals surface area contributed by atoms with Gasteiger partial charge in [-0.25, -0.2) is 9.50 Å². The molecule has 3 rings (SSSR count). The largest absolute Gasteiger partial charge is 0.497 e. The van der Waals surface area contributed by atoms with Crippen molar-refractivity contribution in [1.82, 2.24) is 14.6 Å². The van der Waals surface area contributed by atoms with E-state index in [2.05, 4.69) is 17.0 Å². The van der Waals surface area contributed by atoms with Crippen molar-refractivity contribution in [2.45, 2.75) is 19.8 Å². The van der Waals surface area contributed by atoms with E-state index in [1.165, 1.54) is 0 Å². The number of methoxy groups -OCH3 is 1. The molecule has 0 fully saturated rings. The van der Waals surface area contributed by atoms with Crippen molar-refractivity contribution in [2.24, 2.45) is 0 Å². The van der Waals surface area contributed by atoms with Crippen LogP contribution in [0.4, 0.5) is 0 Å². The third-order valence-electron chi connectivity index (χ3n) is 3.39. The Balaban J connectivity index is 2.12. The standard InChI is InChI=1S/C16H17N3OS/c1-3-5-12-9-16(21)19-15(17-12)10-14(18-19)11-6-4-7-13(8-11)20-2/h4,6-10,18H,3,5H2,1-2H3. The first-order valence-corrected chi connectivity index (χ1v) is 7.38. The van der Waals surface area contributed by atoms with Crippen LogP contribution in [0, 0.1) is 4.64 Å². The predicted molar refractivity (Wildman–Crippen MR) is 86.4 cm³/mol. The van der Waals surface area contributed by atoms with Crippen LogP contribution in [-0.4, -0.2) is 21.7 Å². The van der Waals surface area contributed by atoms with Gasteiger partial charge in [0.15, 0.2) is 5.65 Å². The van der Waals surface area contributed by atoms with Gasteiger partial charge in [0, 0.05) is 17.3 Å². The minimum Gasteiger partial charge on any atom is -0.497 e. The number of aryl methyl sites for hydroxylation is 1. The summed E-state index contributed by atoms with van der Waals surface area (Å²) in [5.74, 6) is 0.828. The molecule has 0 aliphatic rings. The summed E-state index contributed by atoms with van der Waals surface area (Å²) in [4.78, 5) is 4.65. The highest BCUT2D eigenvalue weighted by molar-refractivity contribution is 7.71. The van der Waals surface area contributed by atoms with Crippen LogP contribution < -0.4 is 4.74 Å². The molecule has 5 heteroatoms. The molecule has 0 bridgehead atoms. The Morgan fingerprint density at radius 3 is 2.90 bits per heavy atom. The van der Waals surface area contributed by atoms with Crippen LogP contribution >= 0.6 is 12.2 Å². The summed E-state index contributed by atoms with van der Waals surface area (Å²) < 4.78 is 7.85. The molecular formula is C16H17N3OS. The lowest BCUT2D eigenvalue weighted by molar-refractivity contribution is 0.415. The number of H-pyrrole nitrogens is 1. The van der Waals surface area contributed by atoms with Crippen LogP contribution in [0.3, 0.4) is 0 Å². The zero-order valence-corrected chi connectivity index (χ0v) is 12.9. The number of hydrogen-bond acceptors (Lipinski definition) is 3. The molecule has 0 radical (unpaired) electrons. The van der Waals surface area contributed by atoms with Crippen molar-refractivity contribution in [2.75, 3.05) is 7.11 Å². The Morgan fingerprint density at radius 2 is 2.14 bits per heavy atom. The first-order valence-electron chi connectivity index (χ1n) is 6.97. The fourth-order valence-corrected chi connectivity index (χ4v) is 2.64. The number of fused-ring (bicyclic) bond motifs is 1. The average molecular weight is 299 g/mol. The number of aromatic amines is 1. The van der Waals surface area contributed by atoms with Gasteiger partial charge in [-0.1, -0.05) is 37.7 Å². The highest BCUT2D eigenvalue weighted by Crippen LogP contribution is 2.23. The summed E-state index contributed by atoms with van der Waals surface area (Å²) in [5.41, 5.74) is 3.91. The molecule has 3 aromatic rings. The number of nitrogens with one attached hydrogen (secondary N) is 1. The summed E-state index contributed by atoms with van der Waals surface area (Å²) in [5, 5.41) is 3.30. The maximum absolute atomic E-state index is 5.43. The average Bonchev–Trinajstić information content (AvgIpc) is 2.92. The van der Waals surface area contributed by atoms with E-state index in [0.717, 1.165) is 45.8 Å². The number of hydrogen-bond donors (Lipinski definition) is 1. The van der Waals surface area contributed by atoms with Crippen molar-refractivity contribution < 1.29 is 4.74 Å². The Labute approximate surface area is 128 Å². The molecule has 0 aliphatic carbocycles. The molecular weight excluding hydrogens is 282 g/mol. The van der Waals surface area contributed by atoms with Gasteiger partial charge in [0.1, 0.15) is 10.4 Å². The van der Waals surface area contributed by atoms with Gasteiger partial charge in [-0.15, -0.1) is 0 Å². The predicted octanol–water partition coefficient (Wildman–Crippen LogP) is 4.02. The number of benzene rings is 1. The topological polar surface area (TPSA) is 42.3 Å². The minimum atomic E-state index is 0.748. The van der Waals surface area contributed by atoms with Crippen molar-refractivity contribution in [3.63, 3.8) is 0 Å². The molecule has 1 aromatic carbocycles. The summed E-state index contributed by atoms with van der Waals surface area (Å²) in [6, 6.07) is 11.9. The first-order chi connectivity index (χ1) is 10.2. The zero-order valence-electron chi connectivity index (χ0n) is 12.1. The molecule has 4 nitrogen and oxygen atoms in total. The summed E-state index contributed by atoms with van der Waals surface area (Å²) in [7, 11) is 1.67. The van der Waals surface area contributed by atoms with Gasteiger partial charge in [0.2, 0.25) is 0 Å². The van der Waals surface area contributed by atoms with Gasteiger partial charge in [0.25, 0.3) is 0 Å². The molecule has 0 saturated carbocycles. The van der Waals surface area contributed by atoms with Crippen molar-refractivity contribution in [3.8, 4) is 17.0 Å². The van der Waals surface area contributed by atoms with E-state index in [0.29, 0.717) is 0 Å². The normalized spacial score (nSPS) is 11.0. The molecule has 0 unspecified atom stereocenters. The van der Waals surface area contributed by atoms with Crippen LogP contribution in [0.15, 0.2) is 36.4 Å². The second kappa shape index (κ2) is 5.69. The molecule has 108 valence electrons. The highest BCUT2D eigenvalue weighted by Gasteiger charge is 2.07. The fourth-order valence-electron chi connectivity index (χ4n) is 2.36. The fraction of sp³-hybridized carbons (Fsp3) is 0.250. The number of ether oxygens (including phenoxy) is 1. The van der Waals surface area contributed by atoms with Gasteiger partial charge in [-0.2, -0.15) is 0 Å². The lowest BCUT2D eigenvalue weighted by atomic mass is 10.1. The van der Waals surface area contributed by atoms with E-state index >= 15 is 0 Å². The zero-order chi connectivity index (χ0) is 14.8. The third-order valence-corrected chi connectivity index (χ3v) is 3.69. The van der Waals surface area contributed by atoms with Gasteiger partial charge >= 0.3 is 0 Å². The lowest BCUT2D eigenvalue weighted by Crippen LogP contribution is -1.96. The highest BCUT2D eigenvalue weighted by atomic mass is 32.1. The van der Waals surface area contributed by atoms with Crippen LogP contribution in [-0.2, 0) is 6.42 Å². The van der Waals surface area contributed by atoms with E-state index in [-0.39, 0.29) is 0 Å². The molecule has 21 heavy (non-hydrogen) atoms. The Hall–Kier alpha value is -2.14. The van der Waals surface area contributed by atoms with Crippen molar-refractivity contribution >= 4 is 17.9 Å². The van der Waals surface area contributed by atoms with Crippen LogP contribution in [0.1, 0.15) is 19.0 Å². The monoisotopic (exact) mass is 299 g/mol. The summed E-state index contributed by atoms with van der Waals surface area (Å²) >= 11 is 5.43. The number of rotatable bonds is 4. The van der Waals surface area contributed by atoms with E-state index in [9.17, 15) is 0 Å². The molecule has 0 atom stereocenters. The molecule has 2 aromatic heterocycles. The second-order valence-electron chi connectivity index (χ2n) is 4.93. The molecule has 0 spiro atoms. The van der Waals surface area contributed by atoms with Crippen LogP contribution in [0.2, 0.25) is 0 Å². The number of nitrogens with zero attached hydrogens (tertiary/aromatic N) is 2. The van der Waals surface area contributed by atoms with E-state index in [1.807, 2.05) is 40.9 Å². The third kappa shape index (κ3) is 2.69. The maximum atomic E-state index is 5.43. The van der Waals surface area contributed by atoms with Gasteiger partial charge in [-0.3, -0.25) is 5.10 Å². The maximum Gasteiger partial charge on any atom is 0.155 e. The van der Waals surface area contributed by atoms with E-state index < -0.39 is 0 Å². The minimum absolute atomic E-state index is 0.748. The van der Waals surface area contributed by atoms with Gasteiger partial charge < -0.3 is 4.74 Å². The van der Waals surface area contributed by atoms with Crippen LogP contribution in [0.25, 0.3) is 16.9 Å². The lowest BCUT2D eigenvalue weighted by Gasteiger charge is -2.02. The first kappa shape index (κ1) is 13.8. The SMILES string of the molecule is CCCc1cc(=S)n2[nH]c(-c3cccc(OC)c3)cc2n1. The van der Waals surface area contributed by atoms with Crippen LogP contribution in [0.5, 0.6) is 5.75 Å². The number of aromatic nitrogens is 3. The molecule has 0 amide bonds. The smallest absolute Gasteiger partial charge is 0.155 e. The second-order valence-corrected chi connectivity index (χ2v) is 5.35. The molecule has 1 N–H and O–H groups in total.